The second-order valence-corrected chi connectivity index (χ2v) is 6.80. The number of hydrogen-bond acceptors (Lipinski definition) is 3. The van der Waals surface area contributed by atoms with Gasteiger partial charge in [-0.2, -0.15) is 0 Å². The van der Waals surface area contributed by atoms with Crippen LogP contribution in [-0.2, 0) is 4.79 Å². The summed E-state index contributed by atoms with van der Waals surface area (Å²) in [6, 6.07) is 4.14. The molecule has 0 bridgehead atoms. The average molecular weight is 372 g/mol. The third-order valence-electron chi connectivity index (χ3n) is 4.33. The van der Waals surface area contributed by atoms with Gasteiger partial charge in [0.05, 0.1) is 23.5 Å². The van der Waals surface area contributed by atoms with E-state index in [-0.39, 0.29) is 36.1 Å². The van der Waals surface area contributed by atoms with Gasteiger partial charge in [0.1, 0.15) is 5.82 Å². The van der Waals surface area contributed by atoms with Crippen LogP contribution in [0.5, 0.6) is 0 Å². The molecule has 3 N–H and O–H groups in total. The van der Waals surface area contributed by atoms with Gasteiger partial charge in [-0.05, 0) is 38.0 Å². The number of carboxylic acid groups (broad SMARTS) is 1. The lowest BCUT2D eigenvalue weighted by Gasteiger charge is -2.32. The summed E-state index contributed by atoms with van der Waals surface area (Å²) in [5, 5.41) is 14.1. The minimum absolute atomic E-state index is 0.0576. The highest BCUT2D eigenvalue weighted by atomic mass is 35.5. The Morgan fingerprint density at radius 1 is 1.44 bits per heavy atom. The van der Waals surface area contributed by atoms with Crippen molar-refractivity contribution in [1.29, 1.82) is 0 Å². The summed E-state index contributed by atoms with van der Waals surface area (Å²) >= 11 is 5.77. The summed E-state index contributed by atoms with van der Waals surface area (Å²) in [4.78, 5) is 24.7. The Balaban J connectivity index is 2.11. The maximum Gasteiger partial charge on any atom is 0.315 e. The van der Waals surface area contributed by atoms with Gasteiger partial charge in [-0.3, -0.25) is 9.69 Å². The van der Waals surface area contributed by atoms with E-state index >= 15 is 0 Å². The highest BCUT2D eigenvalue weighted by molar-refractivity contribution is 6.30. The molecule has 1 saturated heterocycles. The smallest absolute Gasteiger partial charge is 0.315 e. The lowest BCUT2D eigenvalue weighted by atomic mass is 9.99. The average Bonchev–Trinajstić information content (AvgIpc) is 2.93. The number of halogens is 2. The number of urea groups is 1. The van der Waals surface area contributed by atoms with E-state index in [1.165, 1.54) is 12.1 Å². The van der Waals surface area contributed by atoms with Crippen molar-refractivity contribution in [3.05, 3.63) is 34.6 Å². The predicted molar refractivity (Wildman–Crippen MR) is 93.2 cm³/mol. The van der Waals surface area contributed by atoms with Crippen molar-refractivity contribution < 1.29 is 19.1 Å². The Hall–Kier alpha value is -1.86. The van der Waals surface area contributed by atoms with Crippen molar-refractivity contribution in [3.63, 3.8) is 0 Å². The van der Waals surface area contributed by atoms with Crippen LogP contribution in [0.25, 0.3) is 0 Å². The Bertz CT molecular complexity index is 642. The van der Waals surface area contributed by atoms with Gasteiger partial charge in [-0.1, -0.05) is 17.7 Å². The number of hydrogen-bond donors (Lipinski definition) is 3. The van der Waals surface area contributed by atoms with Crippen LogP contribution < -0.4 is 10.6 Å². The summed E-state index contributed by atoms with van der Waals surface area (Å²) in [5.74, 6) is -1.46. The van der Waals surface area contributed by atoms with Crippen molar-refractivity contribution in [1.82, 2.24) is 15.5 Å². The molecule has 6 nitrogen and oxygen atoms in total. The molecule has 1 aliphatic heterocycles. The number of aliphatic carboxylic acids is 1. The number of carbonyl (C=O) groups is 2. The van der Waals surface area contributed by atoms with E-state index in [2.05, 4.69) is 29.4 Å². The predicted octanol–water partition coefficient (Wildman–Crippen LogP) is 2.78. The molecule has 1 heterocycles. The molecule has 0 radical (unpaired) electrons. The SMILES string of the molecule is CC(C)N1CCC(NC(=O)NCCC(=O)O)C1c1ccc(Cl)c(F)c1. The molecule has 2 atom stereocenters. The third-order valence-corrected chi connectivity index (χ3v) is 4.63. The Morgan fingerprint density at radius 3 is 2.76 bits per heavy atom. The Morgan fingerprint density at radius 2 is 2.16 bits per heavy atom. The highest BCUT2D eigenvalue weighted by Gasteiger charge is 2.37. The summed E-state index contributed by atoms with van der Waals surface area (Å²) in [7, 11) is 0. The van der Waals surface area contributed by atoms with Crippen molar-refractivity contribution in [2.24, 2.45) is 0 Å². The van der Waals surface area contributed by atoms with Crippen LogP contribution >= 0.6 is 11.6 Å². The fourth-order valence-electron chi connectivity index (χ4n) is 3.17. The van der Waals surface area contributed by atoms with Crippen LogP contribution in [0.3, 0.4) is 0 Å². The van der Waals surface area contributed by atoms with Crippen LogP contribution in [0.4, 0.5) is 9.18 Å². The van der Waals surface area contributed by atoms with E-state index in [9.17, 15) is 14.0 Å². The van der Waals surface area contributed by atoms with E-state index in [0.29, 0.717) is 0 Å². The topological polar surface area (TPSA) is 81.7 Å². The molecule has 1 aliphatic rings. The lowest BCUT2D eigenvalue weighted by Crippen LogP contribution is -2.46. The maximum atomic E-state index is 13.9. The molecule has 0 aromatic heterocycles. The maximum absolute atomic E-state index is 13.9. The second kappa shape index (κ2) is 8.49. The molecule has 2 unspecified atom stereocenters. The normalized spacial score (nSPS) is 20.7. The largest absolute Gasteiger partial charge is 0.481 e. The first-order valence-corrected chi connectivity index (χ1v) is 8.64. The number of amides is 2. The van der Waals surface area contributed by atoms with Gasteiger partial charge < -0.3 is 15.7 Å². The molecule has 138 valence electrons. The Kier molecular flexibility index (Phi) is 6.61. The van der Waals surface area contributed by atoms with E-state index in [1.54, 1.807) is 6.07 Å². The van der Waals surface area contributed by atoms with Gasteiger partial charge >= 0.3 is 12.0 Å². The molecule has 1 aromatic carbocycles. The zero-order valence-electron chi connectivity index (χ0n) is 14.3. The zero-order chi connectivity index (χ0) is 18.6. The lowest BCUT2D eigenvalue weighted by molar-refractivity contribution is -0.136. The van der Waals surface area contributed by atoms with Crippen molar-refractivity contribution in [2.45, 2.75) is 44.8 Å². The monoisotopic (exact) mass is 371 g/mol. The van der Waals surface area contributed by atoms with E-state index in [4.69, 9.17) is 16.7 Å². The van der Waals surface area contributed by atoms with Crippen molar-refractivity contribution >= 4 is 23.6 Å². The first kappa shape index (κ1) is 19.5. The molecular formula is C17H23ClFN3O3. The van der Waals surface area contributed by atoms with Crippen LogP contribution in [-0.4, -0.2) is 47.2 Å². The molecule has 2 amide bonds. The standard InChI is InChI=1S/C17H23ClFN3O3/c1-10(2)22-8-6-14(21-17(25)20-7-5-15(23)24)16(22)11-3-4-12(18)13(19)9-11/h3-4,9-10,14,16H,5-8H2,1-2H3,(H,23,24)(H2,20,21,25). The van der Waals surface area contributed by atoms with Gasteiger partial charge in [0.2, 0.25) is 0 Å². The molecule has 8 heteroatoms. The summed E-state index contributed by atoms with van der Waals surface area (Å²) < 4.78 is 13.9. The summed E-state index contributed by atoms with van der Waals surface area (Å²) in [5.41, 5.74) is 0.754. The zero-order valence-corrected chi connectivity index (χ0v) is 15.0. The number of carboxylic acids is 1. The first-order chi connectivity index (χ1) is 11.8. The molecular weight excluding hydrogens is 349 g/mol. The van der Waals surface area contributed by atoms with Gasteiger partial charge in [-0.15, -0.1) is 0 Å². The molecule has 1 fully saturated rings. The van der Waals surface area contributed by atoms with Crippen LogP contribution in [0.15, 0.2) is 18.2 Å². The molecule has 25 heavy (non-hydrogen) atoms. The van der Waals surface area contributed by atoms with E-state index < -0.39 is 17.8 Å². The summed E-state index contributed by atoms with van der Waals surface area (Å²) in [6.07, 6.45) is 0.585. The van der Waals surface area contributed by atoms with Gasteiger partial charge in [0.15, 0.2) is 0 Å². The van der Waals surface area contributed by atoms with Gasteiger partial charge in [0.25, 0.3) is 0 Å². The minimum Gasteiger partial charge on any atom is -0.481 e. The molecule has 2 rings (SSSR count). The van der Waals surface area contributed by atoms with Crippen LogP contribution in [0.1, 0.15) is 38.3 Å². The first-order valence-electron chi connectivity index (χ1n) is 8.26. The second-order valence-electron chi connectivity index (χ2n) is 6.39. The number of likely N-dealkylation sites (tertiary alicyclic amines) is 1. The Labute approximate surface area is 151 Å². The van der Waals surface area contributed by atoms with Crippen molar-refractivity contribution in [3.8, 4) is 0 Å². The number of rotatable bonds is 6. The van der Waals surface area contributed by atoms with Gasteiger partial charge in [-0.25, -0.2) is 9.18 Å². The van der Waals surface area contributed by atoms with E-state index in [0.717, 1.165) is 18.5 Å². The quantitative estimate of drug-likeness (QED) is 0.718. The molecule has 0 saturated carbocycles. The highest BCUT2D eigenvalue weighted by Crippen LogP contribution is 2.35. The van der Waals surface area contributed by atoms with Crippen molar-refractivity contribution in [2.75, 3.05) is 13.1 Å². The molecule has 0 aliphatic carbocycles. The number of nitrogens with zero attached hydrogens (tertiary/aromatic N) is 1. The summed E-state index contributed by atoms with van der Waals surface area (Å²) in [6.45, 7) is 4.93. The fourth-order valence-corrected chi connectivity index (χ4v) is 3.29. The number of benzene rings is 1. The minimum atomic E-state index is -0.971. The third kappa shape index (κ3) is 5.06. The van der Waals surface area contributed by atoms with Gasteiger partial charge in [0, 0.05) is 19.1 Å². The fraction of sp³-hybridized carbons (Fsp3) is 0.529. The number of nitrogens with one attached hydrogen (secondary N) is 2. The van der Waals surface area contributed by atoms with Crippen LogP contribution in [0.2, 0.25) is 5.02 Å². The van der Waals surface area contributed by atoms with E-state index in [1.807, 2.05) is 0 Å². The molecule has 1 aromatic rings. The number of carbonyl (C=O) groups excluding carboxylic acids is 1. The van der Waals surface area contributed by atoms with Crippen LogP contribution in [0, 0.1) is 5.82 Å². The molecule has 0 spiro atoms.